The largest absolute Gasteiger partial charge is 0.356 e. The molecule has 0 saturated carbocycles. The van der Waals surface area contributed by atoms with Gasteiger partial charge in [-0.1, -0.05) is 42.5 Å². The van der Waals surface area contributed by atoms with Gasteiger partial charge in [-0.3, -0.25) is 4.99 Å². The highest BCUT2D eigenvalue weighted by Gasteiger charge is 1.99. The summed E-state index contributed by atoms with van der Waals surface area (Å²) >= 11 is 0. The Kier molecular flexibility index (Phi) is 9.54. The molecule has 0 bridgehead atoms. The summed E-state index contributed by atoms with van der Waals surface area (Å²) in [5.74, 6) is 0.778. The lowest BCUT2D eigenvalue weighted by Crippen LogP contribution is -2.37. The molecule has 0 saturated heterocycles. The fraction of sp³-hybridized carbons (Fsp3) is 0.263. The summed E-state index contributed by atoms with van der Waals surface area (Å²) < 4.78 is 0. The molecule has 2 rings (SSSR count). The smallest absolute Gasteiger partial charge is 0.191 e. The summed E-state index contributed by atoms with van der Waals surface area (Å²) in [6.45, 7) is 1.51. The number of nitrogens with zero attached hydrogens (tertiary/aromatic N) is 2. The highest BCUT2D eigenvalue weighted by molar-refractivity contribution is 14.0. The SMILES string of the molecule is CN=C(NCCCc1ccccc1)NCc1cccc(C#N)c1.I. The molecule has 0 spiro atoms. The van der Waals surface area contributed by atoms with E-state index in [9.17, 15) is 0 Å². The molecular weight excluding hydrogens is 411 g/mol. The van der Waals surface area contributed by atoms with Gasteiger partial charge in [-0.15, -0.1) is 24.0 Å². The number of hydrogen-bond donors (Lipinski definition) is 2. The third kappa shape index (κ3) is 7.01. The van der Waals surface area contributed by atoms with Crippen LogP contribution in [0.5, 0.6) is 0 Å². The summed E-state index contributed by atoms with van der Waals surface area (Å²) in [7, 11) is 1.76. The lowest BCUT2D eigenvalue weighted by molar-refractivity contribution is 0.742. The zero-order valence-corrected chi connectivity index (χ0v) is 16.2. The van der Waals surface area contributed by atoms with E-state index < -0.39 is 0 Å². The molecule has 0 unspecified atom stereocenters. The van der Waals surface area contributed by atoms with Crippen molar-refractivity contribution in [3.05, 3.63) is 71.3 Å². The Bertz CT molecular complexity index is 677. The van der Waals surface area contributed by atoms with Crippen LogP contribution in [0.4, 0.5) is 0 Å². The van der Waals surface area contributed by atoms with Crippen LogP contribution >= 0.6 is 24.0 Å². The highest BCUT2D eigenvalue weighted by Crippen LogP contribution is 2.04. The van der Waals surface area contributed by atoms with E-state index in [0.717, 1.165) is 30.9 Å². The van der Waals surface area contributed by atoms with Crippen molar-refractivity contribution >= 4 is 29.9 Å². The number of rotatable bonds is 6. The molecule has 0 radical (unpaired) electrons. The van der Waals surface area contributed by atoms with Crippen LogP contribution in [0.25, 0.3) is 0 Å². The van der Waals surface area contributed by atoms with E-state index in [1.54, 1.807) is 13.1 Å². The number of nitrogens with one attached hydrogen (secondary N) is 2. The number of aryl methyl sites for hydroxylation is 1. The zero-order chi connectivity index (χ0) is 16.3. The van der Waals surface area contributed by atoms with E-state index in [0.29, 0.717) is 12.1 Å². The normalized spacial score (nSPS) is 10.4. The van der Waals surface area contributed by atoms with Crippen molar-refractivity contribution < 1.29 is 0 Å². The second-order valence-electron chi connectivity index (χ2n) is 5.25. The number of guanidine groups is 1. The minimum absolute atomic E-state index is 0. The van der Waals surface area contributed by atoms with Crippen LogP contribution in [0.3, 0.4) is 0 Å². The Morgan fingerprint density at radius 3 is 2.50 bits per heavy atom. The molecule has 24 heavy (non-hydrogen) atoms. The molecule has 0 aliphatic heterocycles. The van der Waals surface area contributed by atoms with E-state index >= 15 is 0 Å². The quantitative estimate of drug-likeness (QED) is 0.317. The molecule has 0 aromatic heterocycles. The molecule has 0 heterocycles. The van der Waals surface area contributed by atoms with Gasteiger partial charge >= 0.3 is 0 Å². The highest BCUT2D eigenvalue weighted by atomic mass is 127. The Labute approximate surface area is 161 Å². The van der Waals surface area contributed by atoms with Gasteiger partial charge in [0.05, 0.1) is 11.6 Å². The van der Waals surface area contributed by atoms with Gasteiger partial charge in [-0.25, -0.2) is 0 Å². The van der Waals surface area contributed by atoms with Gasteiger partial charge in [0.1, 0.15) is 0 Å². The molecule has 2 N–H and O–H groups in total. The van der Waals surface area contributed by atoms with Crippen LogP contribution in [0, 0.1) is 11.3 Å². The van der Waals surface area contributed by atoms with Crippen LogP contribution < -0.4 is 10.6 Å². The number of benzene rings is 2. The average molecular weight is 434 g/mol. The maximum Gasteiger partial charge on any atom is 0.191 e. The lowest BCUT2D eigenvalue weighted by atomic mass is 10.1. The second kappa shape index (κ2) is 11.5. The molecule has 0 aliphatic rings. The molecule has 2 aromatic rings. The Hall–Kier alpha value is -2.07. The predicted molar refractivity (Wildman–Crippen MR) is 110 cm³/mol. The van der Waals surface area contributed by atoms with Gasteiger partial charge in [0.15, 0.2) is 5.96 Å². The minimum Gasteiger partial charge on any atom is -0.356 e. The second-order valence-corrected chi connectivity index (χ2v) is 5.25. The summed E-state index contributed by atoms with van der Waals surface area (Å²) in [6, 6.07) is 20.2. The van der Waals surface area contributed by atoms with Crippen LogP contribution in [-0.2, 0) is 13.0 Å². The van der Waals surface area contributed by atoms with Gasteiger partial charge in [-0.05, 0) is 36.1 Å². The monoisotopic (exact) mass is 434 g/mol. The number of aliphatic imine (C=N–C) groups is 1. The first-order valence-electron chi connectivity index (χ1n) is 7.79. The molecule has 2 aromatic carbocycles. The predicted octanol–water partition coefficient (Wildman–Crippen LogP) is 3.47. The first kappa shape index (κ1) is 20.0. The topological polar surface area (TPSA) is 60.2 Å². The van der Waals surface area contributed by atoms with Crippen LogP contribution in [-0.4, -0.2) is 19.6 Å². The molecule has 0 fully saturated rings. The number of hydrogen-bond acceptors (Lipinski definition) is 2. The van der Waals surface area contributed by atoms with E-state index in [1.807, 2.05) is 24.3 Å². The summed E-state index contributed by atoms with van der Waals surface area (Å²) in [5.41, 5.74) is 3.09. The van der Waals surface area contributed by atoms with Gasteiger partial charge < -0.3 is 10.6 Å². The van der Waals surface area contributed by atoms with E-state index in [2.05, 4.69) is 46.0 Å². The summed E-state index contributed by atoms with van der Waals surface area (Å²) in [4.78, 5) is 4.22. The van der Waals surface area contributed by atoms with Gasteiger partial charge in [0.25, 0.3) is 0 Å². The van der Waals surface area contributed by atoms with Gasteiger partial charge in [0, 0.05) is 20.1 Å². The maximum atomic E-state index is 8.92. The van der Waals surface area contributed by atoms with Crippen molar-refractivity contribution in [2.24, 2.45) is 4.99 Å². The third-order valence-corrected chi connectivity index (χ3v) is 3.52. The Balaban J connectivity index is 0.00000288. The standard InChI is InChI=1S/C19H22N4.HI/c1-21-19(22-12-6-11-16-7-3-2-4-8-16)23-15-18-10-5-9-17(13-18)14-20;/h2-5,7-10,13H,6,11-12,15H2,1H3,(H2,21,22,23);1H. The fourth-order valence-corrected chi connectivity index (χ4v) is 2.30. The van der Waals surface area contributed by atoms with Gasteiger partial charge in [0.2, 0.25) is 0 Å². The molecule has 0 aliphatic carbocycles. The lowest BCUT2D eigenvalue weighted by Gasteiger charge is -2.12. The van der Waals surface area contributed by atoms with Crippen molar-refractivity contribution in [3.63, 3.8) is 0 Å². The number of halogens is 1. The number of nitriles is 1. The molecule has 126 valence electrons. The van der Waals surface area contributed by atoms with Crippen molar-refractivity contribution in [2.75, 3.05) is 13.6 Å². The fourth-order valence-electron chi connectivity index (χ4n) is 2.30. The van der Waals surface area contributed by atoms with Crippen LogP contribution in [0.15, 0.2) is 59.6 Å². The van der Waals surface area contributed by atoms with Crippen LogP contribution in [0.2, 0.25) is 0 Å². The zero-order valence-electron chi connectivity index (χ0n) is 13.8. The molecule has 0 atom stereocenters. The molecular formula is C19H23IN4. The van der Waals surface area contributed by atoms with E-state index in [-0.39, 0.29) is 24.0 Å². The van der Waals surface area contributed by atoms with Crippen molar-refractivity contribution in [3.8, 4) is 6.07 Å². The first-order valence-corrected chi connectivity index (χ1v) is 7.79. The van der Waals surface area contributed by atoms with Crippen LogP contribution in [0.1, 0.15) is 23.1 Å². The first-order chi connectivity index (χ1) is 11.3. The van der Waals surface area contributed by atoms with Crippen molar-refractivity contribution in [1.82, 2.24) is 10.6 Å². The summed E-state index contributed by atoms with van der Waals surface area (Å²) in [5, 5.41) is 15.5. The molecule has 5 heteroatoms. The maximum absolute atomic E-state index is 8.92. The summed E-state index contributed by atoms with van der Waals surface area (Å²) in [6.07, 6.45) is 2.10. The molecule has 0 amide bonds. The van der Waals surface area contributed by atoms with E-state index in [1.165, 1.54) is 5.56 Å². The average Bonchev–Trinajstić information content (AvgIpc) is 2.62. The Morgan fingerprint density at radius 1 is 1.04 bits per heavy atom. The van der Waals surface area contributed by atoms with E-state index in [4.69, 9.17) is 5.26 Å². The Morgan fingerprint density at radius 2 is 1.79 bits per heavy atom. The van der Waals surface area contributed by atoms with Gasteiger partial charge in [-0.2, -0.15) is 5.26 Å². The molecule has 4 nitrogen and oxygen atoms in total. The van der Waals surface area contributed by atoms with Crippen molar-refractivity contribution in [1.29, 1.82) is 5.26 Å². The van der Waals surface area contributed by atoms with Crippen molar-refractivity contribution in [2.45, 2.75) is 19.4 Å². The third-order valence-electron chi connectivity index (χ3n) is 3.52. The minimum atomic E-state index is 0.